The standard InChI is InChI=1S/C12H22N2O4S/c1-18-7-6-14(10-4-8-19(16,17)9-10)12(15)11-3-2-5-13-11/h10-11,13H,2-9H2,1H3/t10?,11-/m1/s1. The summed E-state index contributed by atoms with van der Waals surface area (Å²) < 4.78 is 28.2. The van der Waals surface area contributed by atoms with Crippen LogP contribution in [0, 0.1) is 0 Å². The van der Waals surface area contributed by atoms with Crippen molar-refractivity contribution in [3.8, 4) is 0 Å². The quantitative estimate of drug-likeness (QED) is 0.732. The summed E-state index contributed by atoms with van der Waals surface area (Å²) in [7, 11) is -1.39. The van der Waals surface area contributed by atoms with Crippen molar-refractivity contribution in [2.45, 2.75) is 31.3 Å². The van der Waals surface area contributed by atoms with Gasteiger partial charge in [-0.25, -0.2) is 8.42 Å². The number of hydrogen-bond acceptors (Lipinski definition) is 5. The van der Waals surface area contributed by atoms with E-state index in [1.54, 1.807) is 12.0 Å². The third kappa shape index (κ3) is 3.67. The maximum absolute atomic E-state index is 12.5. The van der Waals surface area contributed by atoms with Gasteiger partial charge in [-0.1, -0.05) is 0 Å². The van der Waals surface area contributed by atoms with Gasteiger partial charge in [0, 0.05) is 19.7 Å². The number of carbonyl (C=O) groups is 1. The van der Waals surface area contributed by atoms with E-state index in [4.69, 9.17) is 4.74 Å². The molecular formula is C12H22N2O4S. The maximum Gasteiger partial charge on any atom is 0.240 e. The SMILES string of the molecule is COCCN(C(=O)[C@H]1CCCN1)C1CCS(=O)(=O)C1. The van der Waals surface area contributed by atoms with Gasteiger partial charge < -0.3 is 15.0 Å². The van der Waals surface area contributed by atoms with Crippen LogP contribution in [0.1, 0.15) is 19.3 Å². The van der Waals surface area contributed by atoms with E-state index in [1.807, 2.05) is 0 Å². The molecule has 0 radical (unpaired) electrons. The van der Waals surface area contributed by atoms with Crippen molar-refractivity contribution in [2.24, 2.45) is 0 Å². The fraction of sp³-hybridized carbons (Fsp3) is 0.917. The highest BCUT2D eigenvalue weighted by Crippen LogP contribution is 2.20. The highest BCUT2D eigenvalue weighted by molar-refractivity contribution is 7.91. The van der Waals surface area contributed by atoms with Crippen LogP contribution in [0.4, 0.5) is 0 Å². The first-order valence-corrected chi connectivity index (χ1v) is 8.59. The van der Waals surface area contributed by atoms with Crippen LogP contribution in [0.2, 0.25) is 0 Å². The summed E-state index contributed by atoms with van der Waals surface area (Å²) in [5.74, 6) is 0.304. The number of methoxy groups -OCH3 is 1. The van der Waals surface area contributed by atoms with Crippen LogP contribution in [-0.2, 0) is 19.4 Å². The van der Waals surface area contributed by atoms with E-state index in [0.717, 1.165) is 19.4 Å². The number of nitrogens with zero attached hydrogens (tertiary/aromatic N) is 1. The predicted octanol–water partition coefficient (Wildman–Crippen LogP) is -0.599. The van der Waals surface area contributed by atoms with E-state index in [9.17, 15) is 13.2 Å². The largest absolute Gasteiger partial charge is 0.383 e. The van der Waals surface area contributed by atoms with Crippen LogP contribution < -0.4 is 5.32 Å². The number of sulfone groups is 1. The molecule has 0 aromatic rings. The highest BCUT2D eigenvalue weighted by atomic mass is 32.2. The minimum Gasteiger partial charge on any atom is -0.383 e. The predicted molar refractivity (Wildman–Crippen MR) is 71.7 cm³/mol. The second-order valence-corrected chi connectivity index (χ2v) is 7.46. The Hall–Kier alpha value is -0.660. The van der Waals surface area contributed by atoms with Crippen molar-refractivity contribution < 1.29 is 17.9 Å². The van der Waals surface area contributed by atoms with Crippen LogP contribution in [0.3, 0.4) is 0 Å². The van der Waals surface area contributed by atoms with Crippen LogP contribution in [0.25, 0.3) is 0 Å². The molecule has 1 unspecified atom stereocenters. The second-order valence-electron chi connectivity index (χ2n) is 5.23. The first-order valence-electron chi connectivity index (χ1n) is 6.77. The normalized spacial score (nSPS) is 29.5. The summed E-state index contributed by atoms with van der Waals surface area (Å²) in [6.45, 7) is 1.76. The van der Waals surface area contributed by atoms with Gasteiger partial charge in [0.05, 0.1) is 24.2 Å². The minimum absolute atomic E-state index is 0.0247. The topological polar surface area (TPSA) is 75.7 Å². The van der Waals surface area contributed by atoms with Crippen LogP contribution >= 0.6 is 0 Å². The number of ether oxygens (including phenoxy) is 1. The summed E-state index contributed by atoms with van der Waals surface area (Å²) in [5, 5.41) is 3.18. The van der Waals surface area contributed by atoms with Crippen molar-refractivity contribution in [2.75, 3.05) is 38.3 Å². The molecule has 2 atom stereocenters. The Labute approximate surface area is 114 Å². The molecule has 0 bridgehead atoms. The lowest BCUT2D eigenvalue weighted by atomic mass is 10.1. The van der Waals surface area contributed by atoms with Crippen molar-refractivity contribution in [1.29, 1.82) is 0 Å². The fourth-order valence-corrected chi connectivity index (χ4v) is 4.51. The van der Waals surface area contributed by atoms with Gasteiger partial charge in [0.15, 0.2) is 9.84 Å². The van der Waals surface area contributed by atoms with Gasteiger partial charge >= 0.3 is 0 Å². The van der Waals surface area contributed by atoms with Crippen LogP contribution in [-0.4, -0.2) is 69.6 Å². The molecule has 7 heteroatoms. The maximum atomic E-state index is 12.5. The Morgan fingerprint density at radius 3 is 2.74 bits per heavy atom. The van der Waals surface area contributed by atoms with E-state index >= 15 is 0 Å². The van der Waals surface area contributed by atoms with Gasteiger partial charge in [-0.15, -0.1) is 0 Å². The van der Waals surface area contributed by atoms with Gasteiger partial charge in [0.25, 0.3) is 0 Å². The number of rotatable bonds is 5. The van der Waals surface area contributed by atoms with Gasteiger partial charge in [-0.2, -0.15) is 0 Å². The number of carbonyl (C=O) groups excluding carboxylic acids is 1. The molecule has 2 aliphatic rings. The zero-order valence-corrected chi connectivity index (χ0v) is 12.1. The second kappa shape index (κ2) is 6.19. The lowest BCUT2D eigenvalue weighted by Gasteiger charge is -2.30. The van der Waals surface area contributed by atoms with E-state index < -0.39 is 9.84 Å². The molecule has 0 aromatic heterocycles. The van der Waals surface area contributed by atoms with Crippen LogP contribution in [0.5, 0.6) is 0 Å². The van der Waals surface area contributed by atoms with Crippen LogP contribution in [0.15, 0.2) is 0 Å². The van der Waals surface area contributed by atoms with Crippen molar-refractivity contribution in [3.63, 3.8) is 0 Å². The molecule has 0 aliphatic carbocycles. The number of nitrogens with one attached hydrogen (secondary N) is 1. The molecule has 0 aromatic carbocycles. The summed E-state index contributed by atoms with van der Waals surface area (Å²) in [6, 6.07) is -0.338. The molecule has 2 heterocycles. The zero-order valence-electron chi connectivity index (χ0n) is 11.3. The van der Waals surface area contributed by atoms with Gasteiger partial charge in [-0.05, 0) is 25.8 Å². The zero-order chi connectivity index (χ0) is 13.9. The van der Waals surface area contributed by atoms with E-state index in [2.05, 4.69) is 5.32 Å². The third-order valence-corrected chi connectivity index (χ3v) is 5.58. The van der Waals surface area contributed by atoms with Gasteiger partial charge in [-0.3, -0.25) is 4.79 Å². The molecule has 1 amide bonds. The van der Waals surface area contributed by atoms with Crippen molar-refractivity contribution in [3.05, 3.63) is 0 Å². The monoisotopic (exact) mass is 290 g/mol. The van der Waals surface area contributed by atoms with E-state index in [-0.39, 0.29) is 29.5 Å². The van der Waals surface area contributed by atoms with Crippen molar-refractivity contribution >= 4 is 15.7 Å². The van der Waals surface area contributed by atoms with E-state index in [0.29, 0.717) is 19.6 Å². The van der Waals surface area contributed by atoms with Gasteiger partial charge in [0.2, 0.25) is 5.91 Å². The summed E-state index contributed by atoms with van der Waals surface area (Å²) in [5.41, 5.74) is 0. The lowest BCUT2D eigenvalue weighted by Crippen LogP contribution is -2.50. The molecular weight excluding hydrogens is 268 g/mol. The van der Waals surface area contributed by atoms with Gasteiger partial charge in [0.1, 0.15) is 0 Å². The van der Waals surface area contributed by atoms with E-state index in [1.165, 1.54) is 0 Å². The lowest BCUT2D eigenvalue weighted by molar-refractivity contribution is -0.135. The summed E-state index contributed by atoms with van der Waals surface area (Å²) in [6.07, 6.45) is 2.38. The molecule has 1 N–H and O–H groups in total. The molecule has 2 saturated heterocycles. The molecule has 0 spiro atoms. The molecule has 6 nitrogen and oxygen atoms in total. The highest BCUT2D eigenvalue weighted by Gasteiger charge is 2.37. The Balaban J connectivity index is 2.04. The number of amides is 1. The molecule has 19 heavy (non-hydrogen) atoms. The van der Waals surface area contributed by atoms with Crippen molar-refractivity contribution in [1.82, 2.24) is 10.2 Å². The molecule has 2 aliphatic heterocycles. The fourth-order valence-electron chi connectivity index (χ4n) is 2.78. The summed E-state index contributed by atoms with van der Waals surface area (Å²) >= 11 is 0. The first kappa shape index (κ1) is 14.7. The molecule has 2 fully saturated rings. The Morgan fingerprint density at radius 2 is 2.21 bits per heavy atom. The third-order valence-electron chi connectivity index (χ3n) is 3.83. The molecule has 2 rings (SSSR count). The summed E-state index contributed by atoms with van der Waals surface area (Å²) in [4.78, 5) is 14.2. The molecule has 110 valence electrons. The first-order chi connectivity index (χ1) is 9.03. The minimum atomic E-state index is -2.98. The Morgan fingerprint density at radius 1 is 1.42 bits per heavy atom. The average Bonchev–Trinajstić information content (AvgIpc) is 2.99. The Kier molecular flexibility index (Phi) is 4.81. The smallest absolute Gasteiger partial charge is 0.240 e. The number of hydrogen-bond donors (Lipinski definition) is 1. The molecule has 0 saturated carbocycles. The Bertz CT molecular complexity index is 417. The average molecular weight is 290 g/mol.